The highest BCUT2D eigenvalue weighted by molar-refractivity contribution is 7.92. The Kier molecular flexibility index (Phi) is 4.84. The molecule has 0 bridgehead atoms. The number of anilines is 2. The molecule has 1 aromatic heterocycles. The molecule has 1 aliphatic heterocycles. The number of hydrogen-bond acceptors (Lipinski definition) is 5. The Balaban J connectivity index is 2.01. The lowest BCUT2D eigenvalue weighted by atomic mass is 10.1. The summed E-state index contributed by atoms with van der Waals surface area (Å²) >= 11 is 0. The fourth-order valence-corrected chi connectivity index (χ4v) is 3.66. The first-order chi connectivity index (χ1) is 12.2. The first-order valence-corrected chi connectivity index (χ1v) is 9.20. The Morgan fingerprint density at radius 3 is 2.50 bits per heavy atom. The van der Waals surface area contributed by atoms with Gasteiger partial charge in [-0.25, -0.2) is 8.42 Å². The molecule has 142 valence electrons. The van der Waals surface area contributed by atoms with Gasteiger partial charge in [0.1, 0.15) is 4.90 Å². The summed E-state index contributed by atoms with van der Waals surface area (Å²) < 4.78 is 73.1. The smallest absolute Gasteiger partial charge is 0.378 e. The van der Waals surface area contributed by atoms with Gasteiger partial charge in [-0.3, -0.25) is 9.40 Å². The van der Waals surface area contributed by atoms with Crippen LogP contribution in [0, 0.1) is 0 Å². The van der Waals surface area contributed by atoms with Crippen LogP contribution in [0.3, 0.4) is 0 Å². The molecule has 1 N–H and O–H groups in total. The van der Waals surface area contributed by atoms with Crippen molar-refractivity contribution >= 4 is 21.4 Å². The summed E-state index contributed by atoms with van der Waals surface area (Å²) in [6, 6.07) is 3.01. The molecule has 0 amide bonds. The van der Waals surface area contributed by atoms with E-state index in [0.717, 1.165) is 18.3 Å². The lowest BCUT2D eigenvalue weighted by Crippen LogP contribution is -2.36. The van der Waals surface area contributed by atoms with Crippen LogP contribution in [0.4, 0.5) is 24.5 Å². The van der Waals surface area contributed by atoms with Gasteiger partial charge in [-0.1, -0.05) is 0 Å². The molecule has 0 aliphatic carbocycles. The number of aryl methyl sites for hydroxylation is 1. The molecule has 1 fully saturated rings. The van der Waals surface area contributed by atoms with Gasteiger partial charge in [0.2, 0.25) is 0 Å². The van der Waals surface area contributed by atoms with Gasteiger partial charge in [-0.15, -0.1) is 0 Å². The molecule has 2 aromatic rings. The molecule has 3 rings (SSSR count). The van der Waals surface area contributed by atoms with Crippen molar-refractivity contribution in [1.29, 1.82) is 0 Å². The molecule has 0 unspecified atom stereocenters. The molecule has 2 heterocycles. The summed E-state index contributed by atoms with van der Waals surface area (Å²) in [4.78, 5) is 1.65. The van der Waals surface area contributed by atoms with E-state index < -0.39 is 21.8 Å². The Labute approximate surface area is 148 Å². The molecule has 26 heavy (non-hydrogen) atoms. The molecular formula is C15H17F3N4O3S. The minimum atomic E-state index is -4.59. The van der Waals surface area contributed by atoms with Gasteiger partial charge in [0.25, 0.3) is 10.0 Å². The number of rotatable bonds is 4. The highest BCUT2D eigenvalue weighted by atomic mass is 32.2. The Bertz CT molecular complexity index is 890. The van der Waals surface area contributed by atoms with Gasteiger partial charge in [-0.05, 0) is 18.2 Å². The summed E-state index contributed by atoms with van der Waals surface area (Å²) in [6.45, 7) is 1.73. The van der Waals surface area contributed by atoms with Crippen molar-refractivity contribution in [2.45, 2.75) is 11.1 Å². The maximum Gasteiger partial charge on any atom is 0.416 e. The van der Waals surface area contributed by atoms with E-state index in [-0.39, 0.29) is 10.6 Å². The summed E-state index contributed by atoms with van der Waals surface area (Å²) in [5.74, 6) is 0. The first-order valence-electron chi connectivity index (χ1n) is 7.72. The second kappa shape index (κ2) is 6.80. The average molecular weight is 390 g/mol. The molecule has 0 saturated carbocycles. The quantitative estimate of drug-likeness (QED) is 0.865. The minimum Gasteiger partial charge on any atom is -0.378 e. The summed E-state index contributed by atoms with van der Waals surface area (Å²) in [7, 11) is -2.53. The van der Waals surface area contributed by atoms with Gasteiger partial charge in [0.15, 0.2) is 0 Å². The predicted molar refractivity (Wildman–Crippen MR) is 88.5 cm³/mol. The average Bonchev–Trinajstić information content (AvgIpc) is 3.02. The second-order valence-electron chi connectivity index (χ2n) is 5.78. The molecular weight excluding hydrogens is 373 g/mol. The number of nitrogens with zero attached hydrogens (tertiary/aromatic N) is 3. The SMILES string of the molecule is Cn1cc(S(=O)(=O)Nc2cc(C(F)(F)F)ccc2N2CCOCC2)cn1. The summed E-state index contributed by atoms with van der Waals surface area (Å²) in [5, 5.41) is 3.78. The zero-order chi connectivity index (χ0) is 18.9. The van der Waals surface area contributed by atoms with Crippen LogP contribution in [0.5, 0.6) is 0 Å². The van der Waals surface area contributed by atoms with Crippen LogP contribution in [-0.2, 0) is 28.0 Å². The van der Waals surface area contributed by atoms with Gasteiger partial charge in [-0.2, -0.15) is 18.3 Å². The molecule has 0 spiro atoms. The maximum absolute atomic E-state index is 13.1. The number of alkyl halides is 3. The predicted octanol–water partition coefficient (Wildman–Crippen LogP) is 2.08. The van der Waals surface area contributed by atoms with Crippen LogP contribution in [0.15, 0.2) is 35.5 Å². The van der Waals surface area contributed by atoms with E-state index in [9.17, 15) is 21.6 Å². The Hall–Kier alpha value is -2.27. The van der Waals surface area contributed by atoms with Crippen molar-refractivity contribution in [1.82, 2.24) is 9.78 Å². The molecule has 1 aliphatic rings. The molecule has 0 atom stereocenters. The van der Waals surface area contributed by atoms with Crippen LogP contribution in [0.1, 0.15) is 5.56 Å². The number of halogens is 3. The largest absolute Gasteiger partial charge is 0.416 e. The van der Waals surface area contributed by atoms with Crippen LogP contribution in [0.2, 0.25) is 0 Å². The Morgan fingerprint density at radius 2 is 1.92 bits per heavy atom. The molecule has 11 heteroatoms. The zero-order valence-corrected chi connectivity index (χ0v) is 14.6. The molecule has 7 nitrogen and oxygen atoms in total. The second-order valence-corrected chi connectivity index (χ2v) is 7.47. The topological polar surface area (TPSA) is 76.5 Å². The maximum atomic E-state index is 13.1. The highest BCUT2D eigenvalue weighted by Gasteiger charge is 2.32. The van der Waals surface area contributed by atoms with Crippen molar-refractivity contribution in [2.24, 2.45) is 7.05 Å². The fourth-order valence-electron chi connectivity index (χ4n) is 2.62. The summed E-state index contributed by atoms with van der Waals surface area (Å²) in [6.07, 6.45) is -2.19. The number of sulfonamides is 1. The third-order valence-corrected chi connectivity index (χ3v) is 5.23. The van der Waals surface area contributed by atoms with Crippen LogP contribution in [0.25, 0.3) is 0 Å². The van der Waals surface area contributed by atoms with E-state index in [1.54, 1.807) is 11.9 Å². The number of ether oxygens (including phenoxy) is 1. The third kappa shape index (κ3) is 3.93. The number of nitrogens with one attached hydrogen (secondary N) is 1. The van der Waals surface area contributed by atoms with Crippen molar-refractivity contribution in [3.63, 3.8) is 0 Å². The van der Waals surface area contributed by atoms with E-state index in [1.165, 1.54) is 16.9 Å². The van der Waals surface area contributed by atoms with Crippen LogP contribution < -0.4 is 9.62 Å². The molecule has 1 saturated heterocycles. The van der Waals surface area contributed by atoms with Crippen LogP contribution >= 0.6 is 0 Å². The van der Waals surface area contributed by atoms with Crippen LogP contribution in [-0.4, -0.2) is 44.5 Å². The highest BCUT2D eigenvalue weighted by Crippen LogP contribution is 2.36. The zero-order valence-electron chi connectivity index (χ0n) is 13.8. The van der Waals surface area contributed by atoms with E-state index in [2.05, 4.69) is 9.82 Å². The van der Waals surface area contributed by atoms with Crippen molar-refractivity contribution in [3.8, 4) is 0 Å². The van der Waals surface area contributed by atoms with E-state index >= 15 is 0 Å². The molecule has 0 radical (unpaired) electrons. The molecule has 1 aromatic carbocycles. The van der Waals surface area contributed by atoms with Gasteiger partial charge in [0, 0.05) is 26.3 Å². The van der Waals surface area contributed by atoms with E-state index in [4.69, 9.17) is 4.74 Å². The van der Waals surface area contributed by atoms with E-state index in [0.29, 0.717) is 32.0 Å². The normalized spacial score (nSPS) is 15.9. The van der Waals surface area contributed by atoms with Gasteiger partial charge < -0.3 is 9.64 Å². The lowest BCUT2D eigenvalue weighted by molar-refractivity contribution is -0.137. The standard InChI is InChI=1S/C15H17F3N4O3S/c1-21-10-12(9-19-21)26(23,24)20-13-8-11(15(16,17)18)2-3-14(13)22-4-6-25-7-5-22/h2-3,8-10,20H,4-7H2,1H3. The van der Waals surface area contributed by atoms with Crippen molar-refractivity contribution in [3.05, 3.63) is 36.2 Å². The number of aromatic nitrogens is 2. The monoisotopic (exact) mass is 390 g/mol. The first kappa shape index (κ1) is 18.5. The van der Waals surface area contributed by atoms with Crippen molar-refractivity contribution < 1.29 is 26.3 Å². The fraction of sp³-hybridized carbons (Fsp3) is 0.400. The lowest BCUT2D eigenvalue weighted by Gasteiger charge is -2.31. The van der Waals surface area contributed by atoms with Gasteiger partial charge >= 0.3 is 6.18 Å². The number of morpholine rings is 1. The van der Waals surface area contributed by atoms with Crippen molar-refractivity contribution in [2.75, 3.05) is 35.9 Å². The van der Waals surface area contributed by atoms with Gasteiger partial charge in [0.05, 0.1) is 36.3 Å². The number of hydrogen-bond donors (Lipinski definition) is 1. The Morgan fingerprint density at radius 1 is 1.23 bits per heavy atom. The number of benzene rings is 1. The third-order valence-electron chi connectivity index (χ3n) is 3.91. The minimum absolute atomic E-state index is 0.134. The summed E-state index contributed by atoms with van der Waals surface area (Å²) in [5.41, 5.74) is -0.697. The van der Waals surface area contributed by atoms with E-state index in [1.807, 2.05) is 0 Å².